The Hall–Kier alpha value is -3.73. The number of carbonyl (C=O) groups excluding carboxylic acids is 1. The van der Waals surface area contributed by atoms with Gasteiger partial charge in [0, 0.05) is 23.5 Å². The van der Waals surface area contributed by atoms with E-state index >= 15 is 0 Å². The van der Waals surface area contributed by atoms with Gasteiger partial charge in [0.2, 0.25) is 0 Å². The number of pyridine rings is 1. The van der Waals surface area contributed by atoms with E-state index in [0.29, 0.717) is 6.07 Å². The standard InChI is InChI=1S/C23H19F5N2O4/c1-22(2,33)16-7-6-14(11-17(16)25)29-20(31)15-4-3-9-30(21(15)32)18-8-5-13(24)10-19(18)34-12-23(26,27)28/h3-11,33H,12H2,1-2H3,(H,29,31). The van der Waals surface area contributed by atoms with Crippen molar-refractivity contribution in [1.82, 2.24) is 4.57 Å². The highest BCUT2D eigenvalue weighted by atomic mass is 19.4. The van der Waals surface area contributed by atoms with Crippen molar-refractivity contribution in [2.75, 3.05) is 11.9 Å². The number of hydrogen-bond donors (Lipinski definition) is 2. The van der Waals surface area contributed by atoms with Gasteiger partial charge in [-0.2, -0.15) is 13.2 Å². The SMILES string of the molecule is CC(C)(O)c1ccc(NC(=O)c2cccn(-c3ccc(F)cc3OCC(F)(F)F)c2=O)cc1F. The van der Waals surface area contributed by atoms with Crippen molar-refractivity contribution in [3.63, 3.8) is 0 Å². The molecule has 34 heavy (non-hydrogen) atoms. The van der Waals surface area contributed by atoms with Gasteiger partial charge in [0.05, 0.1) is 11.3 Å². The number of benzene rings is 2. The molecular weight excluding hydrogens is 463 g/mol. The molecule has 11 heteroatoms. The van der Waals surface area contributed by atoms with Crippen LogP contribution in [0, 0.1) is 11.6 Å². The number of ether oxygens (including phenoxy) is 1. The quantitative estimate of drug-likeness (QED) is 0.506. The van der Waals surface area contributed by atoms with Crippen LogP contribution in [0.15, 0.2) is 59.5 Å². The number of alkyl halides is 3. The average molecular weight is 482 g/mol. The maximum Gasteiger partial charge on any atom is 0.422 e. The van der Waals surface area contributed by atoms with Crippen LogP contribution in [0.1, 0.15) is 29.8 Å². The second-order valence-corrected chi connectivity index (χ2v) is 7.82. The molecule has 180 valence electrons. The summed E-state index contributed by atoms with van der Waals surface area (Å²) in [6.07, 6.45) is -3.53. The van der Waals surface area contributed by atoms with Crippen LogP contribution in [0.25, 0.3) is 5.69 Å². The predicted molar refractivity (Wildman–Crippen MR) is 113 cm³/mol. The lowest BCUT2D eigenvalue weighted by Gasteiger charge is -2.19. The van der Waals surface area contributed by atoms with Gasteiger partial charge >= 0.3 is 6.18 Å². The minimum absolute atomic E-state index is 0.00119. The van der Waals surface area contributed by atoms with Crippen LogP contribution in [0.4, 0.5) is 27.6 Å². The summed E-state index contributed by atoms with van der Waals surface area (Å²) in [7, 11) is 0. The number of carbonyl (C=O) groups is 1. The number of aliphatic hydroxyl groups is 1. The first-order valence-electron chi connectivity index (χ1n) is 9.81. The Kier molecular flexibility index (Phi) is 6.78. The van der Waals surface area contributed by atoms with Crippen molar-refractivity contribution in [3.8, 4) is 11.4 Å². The third kappa shape index (κ3) is 5.79. The first-order valence-corrected chi connectivity index (χ1v) is 9.81. The number of anilines is 1. The molecule has 0 unspecified atom stereocenters. The van der Waals surface area contributed by atoms with E-state index in [0.717, 1.165) is 28.8 Å². The maximum absolute atomic E-state index is 14.3. The zero-order valence-corrected chi connectivity index (χ0v) is 17.9. The molecule has 0 aliphatic heterocycles. The van der Waals surface area contributed by atoms with Crippen molar-refractivity contribution in [2.24, 2.45) is 0 Å². The third-order valence-electron chi connectivity index (χ3n) is 4.65. The summed E-state index contributed by atoms with van der Waals surface area (Å²) >= 11 is 0. The van der Waals surface area contributed by atoms with Gasteiger partial charge in [-0.05, 0) is 50.2 Å². The van der Waals surface area contributed by atoms with Crippen molar-refractivity contribution < 1.29 is 36.6 Å². The van der Waals surface area contributed by atoms with Gasteiger partial charge in [0.1, 0.15) is 22.9 Å². The summed E-state index contributed by atoms with van der Waals surface area (Å²) in [5.74, 6) is -3.15. The molecule has 6 nitrogen and oxygen atoms in total. The van der Waals surface area contributed by atoms with Crippen molar-refractivity contribution in [1.29, 1.82) is 0 Å². The van der Waals surface area contributed by atoms with Crippen LogP contribution in [0.5, 0.6) is 5.75 Å². The summed E-state index contributed by atoms with van der Waals surface area (Å²) < 4.78 is 71.1. The molecule has 2 aromatic carbocycles. The minimum atomic E-state index is -4.70. The van der Waals surface area contributed by atoms with Crippen molar-refractivity contribution in [2.45, 2.75) is 25.6 Å². The van der Waals surface area contributed by atoms with E-state index in [1.165, 1.54) is 38.2 Å². The maximum atomic E-state index is 14.3. The van der Waals surface area contributed by atoms with E-state index in [-0.39, 0.29) is 16.9 Å². The van der Waals surface area contributed by atoms with E-state index in [9.17, 15) is 36.6 Å². The Morgan fingerprint density at radius 3 is 2.41 bits per heavy atom. The summed E-state index contributed by atoms with van der Waals surface area (Å²) in [6, 6.07) is 8.66. The summed E-state index contributed by atoms with van der Waals surface area (Å²) in [5.41, 5.74) is -3.03. The largest absolute Gasteiger partial charge is 0.482 e. The zero-order chi connectivity index (χ0) is 25.3. The highest BCUT2D eigenvalue weighted by Crippen LogP contribution is 2.27. The van der Waals surface area contributed by atoms with Crippen LogP contribution in [0.3, 0.4) is 0 Å². The molecule has 0 fully saturated rings. The third-order valence-corrected chi connectivity index (χ3v) is 4.65. The second kappa shape index (κ2) is 9.26. The van der Waals surface area contributed by atoms with Crippen LogP contribution in [-0.4, -0.2) is 28.4 Å². The Labute approximate surface area is 190 Å². The van der Waals surface area contributed by atoms with Crippen molar-refractivity contribution >= 4 is 11.6 Å². The van der Waals surface area contributed by atoms with Crippen LogP contribution >= 0.6 is 0 Å². The topological polar surface area (TPSA) is 80.6 Å². The molecule has 3 aromatic rings. The first-order chi connectivity index (χ1) is 15.8. The number of halogens is 5. The number of rotatable bonds is 6. The average Bonchev–Trinajstić information content (AvgIpc) is 2.71. The van der Waals surface area contributed by atoms with Crippen LogP contribution < -0.4 is 15.6 Å². The van der Waals surface area contributed by atoms with Crippen LogP contribution in [-0.2, 0) is 5.60 Å². The molecule has 0 bridgehead atoms. The number of hydrogen-bond acceptors (Lipinski definition) is 4. The summed E-state index contributed by atoms with van der Waals surface area (Å²) in [6.45, 7) is 1.06. The molecule has 1 aromatic heterocycles. The van der Waals surface area contributed by atoms with E-state index in [2.05, 4.69) is 10.1 Å². The van der Waals surface area contributed by atoms with Gasteiger partial charge in [-0.3, -0.25) is 14.2 Å². The molecule has 0 saturated heterocycles. The molecule has 0 aliphatic carbocycles. The Morgan fingerprint density at radius 1 is 1.09 bits per heavy atom. The molecule has 0 spiro atoms. The molecule has 0 radical (unpaired) electrons. The fraction of sp³-hybridized carbons (Fsp3) is 0.217. The van der Waals surface area contributed by atoms with E-state index in [1.807, 2.05) is 0 Å². The van der Waals surface area contributed by atoms with Gasteiger partial charge < -0.3 is 15.2 Å². The normalized spacial score (nSPS) is 11.9. The highest BCUT2D eigenvalue weighted by molar-refractivity contribution is 6.04. The van der Waals surface area contributed by atoms with E-state index in [4.69, 9.17) is 0 Å². The van der Waals surface area contributed by atoms with Gasteiger partial charge in [-0.25, -0.2) is 8.78 Å². The number of amides is 1. The Morgan fingerprint density at radius 2 is 1.79 bits per heavy atom. The molecule has 3 rings (SSSR count). The molecule has 1 heterocycles. The summed E-state index contributed by atoms with van der Waals surface area (Å²) in [4.78, 5) is 25.6. The van der Waals surface area contributed by atoms with Gasteiger partial charge in [0.25, 0.3) is 11.5 Å². The second-order valence-electron chi connectivity index (χ2n) is 7.82. The molecule has 1 amide bonds. The predicted octanol–water partition coefficient (Wildman–Crippen LogP) is 4.54. The van der Waals surface area contributed by atoms with Crippen molar-refractivity contribution in [3.05, 3.63) is 87.8 Å². The van der Waals surface area contributed by atoms with Gasteiger partial charge in [-0.1, -0.05) is 6.07 Å². The molecule has 0 atom stereocenters. The minimum Gasteiger partial charge on any atom is -0.482 e. The lowest BCUT2D eigenvalue weighted by Crippen LogP contribution is -2.28. The van der Waals surface area contributed by atoms with E-state index < -0.39 is 52.8 Å². The fourth-order valence-corrected chi connectivity index (χ4v) is 3.11. The molecule has 2 N–H and O–H groups in total. The van der Waals surface area contributed by atoms with E-state index in [1.54, 1.807) is 0 Å². The molecule has 0 saturated carbocycles. The molecule has 0 aliphatic rings. The lowest BCUT2D eigenvalue weighted by atomic mass is 9.97. The Balaban J connectivity index is 1.94. The number of nitrogens with one attached hydrogen (secondary N) is 1. The molecular formula is C23H19F5N2O4. The highest BCUT2D eigenvalue weighted by Gasteiger charge is 2.29. The number of nitrogens with zero attached hydrogens (tertiary/aromatic N) is 1. The summed E-state index contributed by atoms with van der Waals surface area (Å²) in [5, 5.41) is 12.3. The van der Waals surface area contributed by atoms with Crippen LogP contribution in [0.2, 0.25) is 0 Å². The van der Waals surface area contributed by atoms with Gasteiger partial charge in [0.15, 0.2) is 6.61 Å². The smallest absolute Gasteiger partial charge is 0.422 e. The Bertz CT molecular complexity index is 1280. The van der Waals surface area contributed by atoms with Gasteiger partial charge in [-0.15, -0.1) is 0 Å². The zero-order valence-electron chi connectivity index (χ0n) is 17.9. The lowest BCUT2D eigenvalue weighted by molar-refractivity contribution is -0.153. The monoisotopic (exact) mass is 482 g/mol. The number of aromatic nitrogens is 1. The fourth-order valence-electron chi connectivity index (χ4n) is 3.11. The first kappa shape index (κ1) is 24.9.